The third kappa shape index (κ3) is 3.24. The van der Waals surface area contributed by atoms with E-state index in [1.54, 1.807) is 12.4 Å². The van der Waals surface area contributed by atoms with E-state index in [-0.39, 0.29) is 6.04 Å². The summed E-state index contributed by atoms with van der Waals surface area (Å²) in [5.41, 5.74) is 3.92. The molecular weight excluding hydrogens is 338 g/mol. The fourth-order valence-electron chi connectivity index (χ4n) is 3.86. The van der Waals surface area contributed by atoms with Crippen molar-refractivity contribution in [2.24, 2.45) is 0 Å². The van der Waals surface area contributed by atoms with Crippen LogP contribution in [-0.2, 0) is 6.54 Å². The lowest BCUT2D eigenvalue weighted by Gasteiger charge is -2.33. The Morgan fingerprint density at radius 2 is 2.11 bits per heavy atom. The Balaban J connectivity index is 1.39. The van der Waals surface area contributed by atoms with Crippen LogP contribution in [-0.4, -0.2) is 31.6 Å². The molecule has 0 amide bonds. The minimum atomic E-state index is 0.276. The van der Waals surface area contributed by atoms with Crippen LogP contribution in [0, 0.1) is 0 Å². The Morgan fingerprint density at radius 1 is 1.15 bits per heavy atom. The number of H-pyrrole nitrogens is 1. The standard InChI is InChI=1S/C21H21N5O/c1-2-8-18-17(7-1)23-21(24-18)20-9-3-4-11-26(20)14-16-12-19(25-27-16)15-6-5-10-22-13-15/h1-2,5-8,10,12-13,20H,3-4,9,11,14H2,(H,23,24). The molecule has 0 aliphatic carbocycles. The monoisotopic (exact) mass is 359 g/mol. The molecule has 27 heavy (non-hydrogen) atoms. The molecule has 1 aliphatic heterocycles. The molecule has 136 valence electrons. The third-order valence-corrected chi connectivity index (χ3v) is 5.21. The van der Waals surface area contributed by atoms with Crippen LogP contribution in [0.1, 0.15) is 36.9 Å². The number of fused-ring (bicyclic) bond motifs is 1. The summed E-state index contributed by atoms with van der Waals surface area (Å²) in [6.45, 7) is 1.76. The molecule has 4 aromatic rings. The summed E-state index contributed by atoms with van der Waals surface area (Å²) >= 11 is 0. The summed E-state index contributed by atoms with van der Waals surface area (Å²) in [5, 5.41) is 4.22. The summed E-state index contributed by atoms with van der Waals surface area (Å²) in [7, 11) is 0. The summed E-state index contributed by atoms with van der Waals surface area (Å²) in [5.74, 6) is 1.92. The number of aromatic amines is 1. The van der Waals surface area contributed by atoms with Gasteiger partial charge in [0.2, 0.25) is 0 Å². The molecule has 4 heterocycles. The molecule has 1 N–H and O–H groups in total. The molecule has 1 saturated heterocycles. The van der Waals surface area contributed by atoms with Gasteiger partial charge in [0.05, 0.1) is 23.6 Å². The van der Waals surface area contributed by atoms with E-state index >= 15 is 0 Å². The molecule has 6 nitrogen and oxygen atoms in total. The second-order valence-corrected chi connectivity index (χ2v) is 7.04. The van der Waals surface area contributed by atoms with Crippen molar-refractivity contribution in [2.75, 3.05) is 6.54 Å². The van der Waals surface area contributed by atoms with Crippen LogP contribution in [0.2, 0.25) is 0 Å². The number of piperidine rings is 1. The Labute approximate surface area is 157 Å². The van der Waals surface area contributed by atoms with Gasteiger partial charge >= 0.3 is 0 Å². The van der Waals surface area contributed by atoms with Crippen molar-refractivity contribution in [1.82, 2.24) is 25.0 Å². The van der Waals surface area contributed by atoms with E-state index in [4.69, 9.17) is 9.51 Å². The van der Waals surface area contributed by atoms with Gasteiger partial charge in [0.15, 0.2) is 5.76 Å². The van der Waals surface area contributed by atoms with Gasteiger partial charge in [-0.1, -0.05) is 23.7 Å². The fraction of sp³-hybridized carbons (Fsp3) is 0.286. The minimum Gasteiger partial charge on any atom is -0.359 e. The smallest absolute Gasteiger partial charge is 0.151 e. The van der Waals surface area contributed by atoms with Gasteiger partial charge in [0.1, 0.15) is 11.5 Å². The van der Waals surface area contributed by atoms with E-state index < -0.39 is 0 Å². The van der Waals surface area contributed by atoms with Gasteiger partial charge < -0.3 is 9.51 Å². The summed E-state index contributed by atoms with van der Waals surface area (Å²) in [6.07, 6.45) is 7.08. The van der Waals surface area contributed by atoms with Crippen molar-refractivity contribution < 1.29 is 4.52 Å². The SMILES string of the molecule is c1cncc(-c2cc(CN3CCCCC3c3nc4ccccc4[nH]3)on2)c1. The first-order valence-corrected chi connectivity index (χ1v) is 9.41. The van der Waals surface area contributed by atoms with E-state index in [1.807, 2.05) is 30.3 Å². The van der Waals surface area contributed by atoms with Gasteiger partial charge in [-0.05, 0) is 43.7 Å². The van der Waals surface area contributed by atoms with Crippen LogP contribution in [0.3, 0.4) is 0 Å². The number of aromatic nitrogens is 4. The number of imidazole rings is 1. The highest BCUT2D eigenvalue weighted by molar-refractivity contribution is 5.74. The molecule has 3 aromatic heterocycles. The van der Waals surface area contributed by atoms with Crippen molar-refractivity contribution in [1.29, 1.82) is 0 Å². The predicted molar refractivity (Wildman–Crippen MR) is 103 cm³/mol. The summed E-state index contributed by atoms with van der Waals surface area (Å²) in [4.78, 5) is 14.9. The van der Waals surface area contributed by atoms with Crippen molar-refractivity contribution in [3.63, 3.8) is 0 Å². The second kappa shape index (κ2) is 6.96. The lowest BCUT2D eigenvalue weighted by atomic mass is 10.0. The maximum Gasteiger partial charge on any atom is 0.151 e. The second-order valence-electron chi connectivity index (χ2n) is 7.04. The zero-order valence-corrected chi connectivity index (χ0v) is 15.0. The topological polar surface area (TPSA) is 70.8 Å². The number of likely N-dealkylation sites (tertiary alicyclic amines) is 1. The molecule has 1 aliphatic rings. The number of rotatable bonds is 4. The Hall–Kier alpha value is -2.99. The molecule has 0 spiro atoms. The van der Waals surface area contributed by atoms with Crippen molar-refractivity contribution in [3.05, 3.63) is 66.4 Å². The molecule has 1 unspecified atom stereocenters. The number of hydrogen-bond acceptors (Lipinski definition) is 5. The molecule has 0 radical (unpaired) electrons. The number of hydrogen-bond donors (Lipinski definition) is 1. The van der Waals surface area contributed by atoms with Gasteiger partial charge in [0.25, 0.3) is 0 Å². The Bertz CT molecular complexity index is 1010. The lowest BCUT2D eigenvalue weighted by Crippen LogP contribution is -2.33. The highest BCUT2D eigenvalue weighted by Gasteiger charge is 2.27. The van der Waals surface area contributed by atoms with Crippen LogP contribution in [0.25, 0.3) is 22.3 Å². The first kappa shape index (κ1) is 16.2. The number of para-hydroxylation sites is 2. The average molecular weight is 359 g/mol. The highest BCUT2D eigenvalue weighted by Crippen LogP contribution is 2.32. The quantitative estimate of drug-likeness (QED) is 0.587. The lowest BCUT2D eigenvalue weighted by molar-refractivity contribution is 0.121. The van der Waals surface area contributed by atoms with Crippen molar-refractivity contribution in [2.45, 2.75) is 31.8 Å². The van der Waals surface area contributed by atoms with Crippen LogP contribution in [0.4, 0.5) is 0 Å². The van der Waals surface area contributed by atoms with Gasteiger partial charge in [-0.3, -0.25) is 9.88 Å². The number of nitrogens with one attached hydrogen (secondary N) is 1. The van der Waals surface area contributed by atoms with Gasteiger partial charge in [-0.25, -0.2) is 4.98 Å². The summed E-state index contributed by atoms with van der Waals surface area (Å²) in [6, 6.07) is 14.4. The zero-order chi connectivity index (χ0) is 18.1. The molecule has 1 aromatic carbocycles. The van der Waals surface area contributed by atoms with E-state index in [0.717, 1.165) is 53.4 Å². The molecular formula is C21H21N5O. The third-order valence-electron chi connectivity index (χ3n) is 5.21. The summed E-state index contributed by atoms with van der Waals surface area (Å²) < 4.78 is 5.61. The van der Waals surface area contributed by atoms with Crippen LogP contribution in [0.5, 0.6) is 0 Å². The Morgan fingerprint density at radius 3 is 3.00 bits per heavy atom. The molecule has 0 bridgehead atoms. The van der Waals surface area contributed by atoms with Crippen molar-refractivity contribution >= 4 is 11.0 Å². The zero-order valence-electron chi connectivity index (χ0n) is 15.0. The van der Waals surface area contributed by atoms with Crippen LogP contribution >= 0.6 is 0 Å². The number of pyridine rings is 1. The first-order valence-electron chi connectivity index (χ1n) is 9.41. The Kier molecular flexibility index (Phi) is 4.18. The molecule has 6 heteroatoms. The predicted octanol–water partition coefficient (Wildman–Crippen LogP) is 4.34. The first-order chi connectivity index (χ1) is 13.4. The van der Waals surface area contributed by atoms with Gasteiger partial charge in [0, 0.05) is 24.0 Å². The van der Waals surface area contributed by atoms with Gasteiger partial charge in [-0.15, -0.1) is 0 Å². The van der Waals surface area contributed by atoms with Crippen LogP contribution in [0.15, 0.2) is 59.4 Å². The molecule has 1 fully saturated rings. The normalized spacial score (nSPS) is 18.1. The fourth-order valence-corrected chi connectivity index (χ4v) is 3.86. The van der Waals surface area contributed by atoms with E-state index in [0.29, 0.717) is 0 Å². The average Bonchev–Trinajstić information content (AvgIpc) is 3.36. The largest absolute Gasteiger partial charge is 0.359 e. The van der Waals surface area contributed by atoms with Gasteiger partial charge in [-0.2, -0.15) is 0 Å². The number of nitrogens with zero attached hydrogens (tertiary/aromatic N) is 4. The van der Waals surface area contributed by atoms with Crippen molar-refractivity contribution in [3.8, 4) is 11.3 Å². The van der Waals surface area contributed by atoms with E-state index in [1.165, 1.54) is 12.8 Å². The highest BCUT2D eigenvalue weighted by atomic mass is 16.5. The number of benzene rings is 1. The minimum absolute atomic E-state index is 0.276. The van der Waals surface area contributed by atoms with E-state index in [2.05, 4.69) is 32.2 Å². The molecule has 1 atom stereocenters. The maximum atomic E-state index is 5.61. The van der Waals surface area contributed by atoms with E-state index in [9.17, 15) is 0 Å². The maximum absolute atomic E-state index is 5.61. The van der Waals surface area contributed by atoms with Crippen LogP contribution < -0.4 is 0 Å². The molecule has 0 saturated carbocycles. The molecule has 5 rings (SSSR count).